The van der Waals surface area contributed by atoms with Crippen LogP contribution in [0.5, 0.6) is 0 Å². The highest BCUT2D eigenvalue weighted by Gasteiger charge is 2.07. The van der Waals surface area contributed by atoms with Crippen molar-refractivity contribution in [3.05, 3.63) is 59.1 Å². The molecule has 0 saturated carbocycles. The van der Waals surface area contributed by atoms with Gasteiger partial charge >= 0.3 is 5.97 Å². The highest BCUT2D eigenvalue weighted by Crippen LogP contribution is 2.33. The van der Waals surface area contributed by atoms with Crippen LogP contribution in [0.4, 0.5) is 0 Å². The van der Waals surface area contributed by atoms with Crippen LogP contribution in [0.2, 0.25) is 0 Å². The van der Waals surface area contributed by atoms with Crippen molar-refractivity contribution in [3.8, 4) is 10.4 Å². The van der Waals surface area contributed by atoms with E-state index in [1.165, 1.54) is 0 Å². The molecule has 4 heteroatoms. The first-order valence-corrected chi connectivity index (χ1v) is 7.33. The van der Waals surface area contributed by atoms with E-state index in [1.54, 1.807) is 17.4 Å². The van der Waals surface area contributed by atoms with Gasteiger partial charge in [-0.05, 0) is 31.2 Å². The average molecular weight is 295 g/mol. The van der Waals surface area contributed by atoms with Gasteiger partial charge in [0.15, 0.2) is 0 Å². The van der Waals surface area contributed by atoms with Gasteiger partial charge in [0, 0.05) is 32.5 Å². The van der Waals surface area contributed by atoms with Crippen molar-refractivity contribution in [2.75, 3.05) is 0 Å². The van der Waals surface area contributed by atoms with Crippen LogP contribution in [-0.4, -0.2) is 16.1 Å². The van der Waals surface area contributed by atoms with Crippen LogP contribution in [0.25, 0.3) is 27.4 Å². The van der Waals surface area contributed by atoms with Crippen LogP contribution >= 0.6 is 11.3 Å². The molecule has 3 nitrogen and oxygen atoms in total. The molecule has 0 radical (unpaired) electrons. The summed E-state index contributed by atoms with van der Waals surface area (Å²) in [5.74, 6) is -0.938. The maximum Gasteiger partial charge on any atom is 0.328 e. The van der Waals surface area contributed by atoms with Gasteiger partial charge in [-0.25, -0.2) is 4.79 Å². The molecule has 0 aliphatic rings. The van der Waals surface area contributed by atoms with E-state index in [4.69, 9.17) is 5.11 Å². The third kappa shape index (κ3) is 2.85. The summed E-state index contributed by atoms with van der Waals surface area (Å²) in [5, 5.41) is 9.78. The fraction of sp³-hybridized carbons (Fsp3) is 0.0588. The molecule has 0 aliphatic carbocycles. The van der Waals surface area contributed by atoms with E-state index in [9.17, 15) is 4.79 Å². The maximum absolute atomic E-state index is 10.6. The third-order valence-electron chi connectivity index (χ3n) is 3.14. The van der Waals surface area contributed by atoms with Crippen molar-refractivity contribution < 1.29 is 9.90 Å². The molecule has 1 N–H and O–H groups in total. The van der Waals surface area contributed by atoms with E-state index < -0.39 is 5.97 Å². The van der Waals surface area contributed by atoms with Gasteiger partial charge in [0.2, 0.25) is 0 Å². The number of thiophene rings is 1. The topological polar surface area (TPSA) is 50.2 Å². The number of para-hydroxylation sites is 1. The molecule has 0 spiro atoms. The highest BCUT2D eigenvalue weighted by molar-refractivity contribution is 7.16. The zero-order valence-corrected chi connectivity index (χ0v) is 12.2. The molecule has 104 valence electrons. The Hall–Kier alpha value is -2.46. The van der Waals surface area contributed by atoms with Crippen molar-refractivity contribution in [1.82, 2.24) is 4.98 Å². The molecule has 2 heterocycles. The quantitative estimate of drug-likeness (QED) is 0.730. The van der Waals surface area contributed by atoms with E-state index in [1.807, 2.05) is 43.3 Å². The summed E-state index contributed by atoms with van der Waals surface area (Å²) in [5.41, 5.74) is 3.04. The van der Waals surface area contributed by atoms with E-state index in [2.05, 4.69) is 11.1 Å². The number of hydrogen-bond donors (Lipinski definition) is 1. The SMILES string of the molecule is Cc1ccc2cccc(-c3ccc(C=CC(=O)O)s3)c2n1. The van der Waals surface area contributed by atoms with Crippen LogP contribution in [0.3, 0.4) is 0 Å². The standard InChI is InChI=1S/C17H13NO2S/c1-11-5-6-12-3-2-4-14(17(12)18-11)15-9-7-13(21-15)8-10-16(19)20/h2-10H,1H3,(H,19,20). The van der Waals surface area contributed by atoms with Crippen molar-refractivity contribution in [1.29, 1.82) is 0 Å². The Labute approximate surface area is 126 Å². The number of hydrogen-bond acceptors (Lipinski definition) is 3. The van der Waals surface area contributed by atoms with Crippen molar-refractivity contribution >= 4 is 34.3 Å². The number of fused-ring (bicyclic) bond motifs is 1. The minimum absolute atomic E-state index is 0.914. The Bertz CT molecular complexity index is 849. The summed E-state index contributed by atoms with van der Waals surface area (Å²) in [6.07, 6.45) is 2.77. The Morgan fingerprint density at radius 2 is 2.05 bits per heavy atom. The van der Waals surface area contributed by atoms with Crippen molar-refractivity contribution in [2.24, 2.45) is 0 Å². The number of benzene rings is 1. The number of aryl methyl sites for hydroxylation is 1. The third-order valence-corrected chi connectivity index (χ3v) is 4.23. The molecule has 0 atom stereocenters. The molecule has 0 bridgehead atoms. The Balaban J connectivity index is 2.08. The monoisotopic (exact) mass is 295 g/mol. The second-order valence-electron chi connectivity index (χ2n) is 4.70. The molecule has 0 amide bonds. The molecule has 2 aromatic heterocycles. The lowest BCUT2D eigenvalue weighted by Gasteiger charge is -2.04. The molecule has 21 heavy (non-hydrogen) atoms. The number of carboxylic acid groups (broad SMARTS) is 1. The Kier molecular flexibility index (Phi) is 3.54. The van der Waals surface area contributed by atoms with Gasteiger partial charge in [-0.3, -0.25) is 4.98 Å². The lowest BCUT2D eigenvalue weighted by molar-refractivity contribution is -0.131. The first kappa shape index (κ1) is 13.5. The highest BCUT2D eigenvalue weighted by atomic mass is 32.1. The Morgan fingerprint density at radius 1 is 1.19 bits per heavy atom. The summed E-state index contributed by atoms with van der Waals surface area (Å²) in [7, 11) is 0. The van der Waals surface area contributed by atoms with Gasteiger partial charge in [-0.15, -0.1) is 11.3 Å². The van der Waals surface area contributed by atoms with Gasteiger partial charge in [-0.1, -0.05) is 24.3 Å². The number of pyridine rings is 1. The summed E-state index contributed by atoms with van der Waals surface area (Å²) in [4.78, 5) is 17.2. The normalized spacial score (nSPS) is 11.3. The maximum atomic E-state index is 10.6. The molecule has 1 aromatic carbocycles. The second-order valence-corrected chi connectivity index (χ2v) is 5.82. The Morgan fingerprint density at radius 3 is 2.86 bits per heavy atom. The molecule has 3 rings (SSSR count). The van der Waals surface area contributed by atoms with Crippen LogP contribution in [0.15, 0.2) is 48.5 Å². The predicted molar refractivity (Wildman–Crippen MR) is 86.5 cm³/mol. The first-order valence-electron chi connectivity index (χ1n) is 6.51. The number of rotatable bonds is 3. The summed E-state index contributed by atoms with van der Waals surface area (Å²) >= 11 is 1.56. The van der Waals surface area contributed by atoms with Crippen molar-refractivity contribution in [3.63, 3.8) is 0 Å². The molecule has 0 aliphatic heterocycles. The van der Waals surface area contributed by atoms with E-state index >= 15 is 0 Å². The van der Waals surface area contributed by atoms with E-state index in [0.29, 0.717) is 0 Å². The van der Waals surface area contributed by atoms with E-state index in [-0.39, 0.29) is 0 Å². The fourth-order valence-electron chi connectivity index (χ4n) is 2.18. The predicted octanol–water partition coefficient (Wildman–Crippen LogP) is 4.37. The van der Waals surface area contributed by atoms with Gasteiger partial charge < -0.3 is 5.11 Å². The van der Waals surface area contributed by atoms with Gasteiger partial charge in [0.05, 0.1) is 5.52 Å². The molecule has 0 saturated heterocycles. The molecule has 0 unspecified atom stereocenters. The number of aromatic nitrogens is 1. The molecular formula is C17H13NO2S. The minimum atomic E-state index is -0.938. The molecular weight excluding hydrogens is 282 g/mol. The van der Waals surface area contributed by atoms with Gasteiger partial charge in [0.1, 0.15) is 0 Å². The zero-order chi connectivity index (χ0) is 14.8. The largest absolute Gasteiger partial charge is 0.478 e. The second kappa shape index (κ2) is 5.50. The lowest BCUT2D eigenvalue weighted by atomic mass is 10.1. The summed E-state index contributed by atoms with van der Waals surface area (Å²) in [6, 6.07) is 14.1. The van der Waals surface area contributed by atoms with Gasteiger partial charge in [0.25, 0.3) is 0 Å². The van der Waals surface area contributed by atoms with Crippen LogP contribution in [0.1, 0.15) is 10.6 Å². The van der Waals surface area contributed by atoms with E-state index in [0.717, 1.165) is 38.0 Å². The number of nitrogens with zero attached hydrogens (tertiary/aromatic N) is 1. The molecule has 3 aromatic rings. The zero-order valence-electron chi connectivity index (χ0n) is 11.4. The number of aliphatic carboxylic acids is 1. The lowest BCUT2D eigenvalue weighted by Crippen LogP contribution is -1.85. The smallest absolute Gasteiger partial charge is 0.328 e. The molecule has 0 fully saturated rings. The first-order chi connectivity index (χ1) is 10.1. The summed E-state index contributed by atoms with van der Waals surface area (Å²) in [6.45, 7) is 1.98. The van der Waals surface area contributed by atoms with Crippen LogP contribution in [-0.2, 0) is 4.79 Å². The number of carboxylic acids is 1. The fourth-order valence-corrected chi connectivity index (χ4v) is 3.12. The summed E-state index contributed by atoms with van der Waals surface area (Å²) < 4.78 is 0. The van der Waals surface area contributed by atoms with Gasteiger partial charge in [-0.2, -0.15) is 0 Å². The van der Waals surface area contributed by atoms with Crippen LogP contribution < -0.4 is 0 Å². The minimum Gasteiger partial charge on any atom is -0.478 e. The number of carbonyl (C=O) groups is 1. The van der Waals surface area contributed by atoms with Crippen molar-refractivity contribution in [2.45, 2.75) is 6.92 Å². The van der Waals surface area contributed by atoms with Crippen LogP contribution in [0, 0.1) is 6.92 Å². The average Bonchev–Trinajstić information content (AvgIpc) is 2.93.